The Labute approximate surface area is 153 Å². The molecule has 144 valence electrons. The predicted molar refractivity (Wildman–Crippen MR) is 111 cm³/mol. The van der Waals surface area contributed by atoms with Gasteiger partial charge in [-0.3, -0.25) is 4.99 Å². The number of unbranched alkanes of at least 4 members (excludes halogenated alkanes) is 13. The Balaban J connectivity index is 3.26. The van der Waals surface area contributed by atoms with Crippen molar-refractivity contribution in [1.29, 1.82) is 0 Å². The Morgan fingerprint density at radius 2 is 1.00 bits per heavy atom. The van der Waals surface area contributed by atoms with E-state index in [2.05, 4.69) is 32.8 Å². The molecule has 0 atom stereocenters. The fourth-order valence-electron chi connectivity index (χ4n) is 3.18. The molecule has 0 aromatic heterocycles. The SMILES string of the molecule is CCCCCCCCCCCCCCCCN=C(CCC)N(C)C. The maximum absolute atomic E-state index is 4.75. The number of rotatable bonds is 17. The van der Waals surface area contributed by atoms with Gasteiger partial charge >= 0.3 is 0 Å². The minimum absolute atomic E-state index is 1.02. The van der Waals surface area contributed by atoms with Crippen molar-refractivity contribution in [2.75, 3.05) is 20.6 Å². The van der Waals surface area contributed by atoms with Crippen LogP contribution in [0.25, 0.3) is 0 Å². The van der Waals surface area contributed by atoms with Gasteiger partial charge in [-0.15, -0.1) is 0 Å². The number of hydrogen-bond acceptors (Lipinski definition) is 1. The minimum atomic E-state index is 1.02. The van der Waals surface area contributed by atoms with Crippen molar-refractivity contribution < 1.29 is 0 Å². The normalized spacial score (nSPS) is 11.9. The first-order valence-electron chi connectivity index (χ1n) is 10.9. The highest BCUT2D eigenvalue weighted by Crippen LogP contribution is 2.13. The van der Waals surface area contributed by atoms with Crippen LogP contribution in [-0.4, -0.2) is 31.4 Å². The van der Waals surface area contributed by atoms with Gasteiger partial charge in [-0.25, -0.2) is 0 Å². The molecule has 0 saturated heterocycles. The molecule has 0 fully saturated rings. The topological polar surface area (TPSA) is 15.6 Å². The largest absolute Gasteiger partial charge is 0.366 e. The monoisotopic (exact) mass is 338 g/mol. The quantitative estimate of drug-likeness (QED) is 0.155. The number of hydrogen-bond donors (Lipinski definition) is 0. The van der Waals surface area contributed by atoms with Crippen molar-refractivity contribution in [2.45, 2.75) is 117 Å². The van der Waals surface area contributed by atoms with Gasteiger partial charge in [0.05, 0.1) is 5.84 Å². The van der Waals surface area contributed by atoms with Crippen molar-refractivity contribution in [1.82, 2.24) is 4.90 Å². The molecule has 2 nitrogen and oxygen atoms in total. The van der Waals surface area contributed by atoms with E-state index in [1.54, 1.807) is 0 Å². The lowest BCUT2D eigenvalue weighted by Crippen LogP contribution is -2.22. The lowest BCUT2D eigenvalue weighted by molar-refractivity contribution is 0.535. The standard InChI is InChI=1S/C22H46N2/c1-5-7-8-9-10-11-12-13-14-15-16-17-18-19-21-23-22(20-6-2)24(3)4/h5-21H2,1-4H3. The first kappa shape index (κ1) is 23.5. The van der Waals surface area contributed by atoms with E-state index >= 15 is 0 Å². The second-order valence-electron chi connectivity index (χ2n) is 7.54. The van der Waals surface area contributed by atoms with E-state index in [0.717, 1.165) is 13.0 Å². The van der Waals surface area contributed by atoms with Crippen molar-refractivity contribution in [3.8, 4) is 0 Å². The Kier molecular flexibility index (Phi) is 18.4. The van der Waals surface area contributed by atoms with E-state index in [4.69, 9.17) is 4.99 Å². The van der Waals surface area contributed by atoms with Gasteiger partial charge in [0, 0.05) is 27.1 Å². The molecule has 0 unspecified atom stereocenters. The summed E-state index contributed by atoms with van der Waals surface area (Å²) in [5, 5.41) is 0. The molecule has 0 aliphatic carbocycles. The Morgan fingerprint density at radius 1 is 0.583 bits per heavy atom. The van der Waals surface area contributed by atoms with E-state index in [0.29, 0.717) is 0 Å². The highest BCUT2D eigenvalue weighted by Gasteiger charge is 1.99. The van der Waals surface area contributed by atoms with Gasteiger partial charge in [0.2, 0.25) is 0 Å². The van der Waals surface area contributed by atoms with Crippen molar-refractivity contribution >= 4 is 5.84 Å². The third-order valence-electron chi connectivity index (χ3n) is 4.80. The molecule has 24 heavy (non-hydrogen) atoms. The smallest absolute Gasteiger partial charge is 0.0983 e. The molecule has 0 amide bonds. The molecule has 0 bridgehead atoms. The van der Waals surface area contributed by atoms with Gasteiger partial charge in [-0.05, 0) is 12.8 Å². The maximum atomic E-state index is 4.75. The van der Waals surface area contributed by atoms with Crippen LogP contribution >= 0.6 is 0 Å². The molecular weight excluding hydrogens is 292 g/mol. The fourth-order valence-corrected chi connectivity index (χ4v) is 3.18. The highest BCUT2D eigenvalue weighted by atomic mass is 15.1. The van der Waals surface area contributed by atoms with Crippen molar-refractivity contribution in [3.63, 3.8) is 0 Å². The summed E-state index contributed by atoms with van der Waals surface area (Å²) in [6.45, 7) is 5.54. The van der Waals surface area contributed by atoms with Gasteiger partial charge in [0.1, 0.15) is 0 Å². The zero-order chi connectivity index (χ0) is 17.9. The summed E-state index contributed by atoms with van der Waals surface area (Å²) >= 11 is 0. The van der Waals surface area contributed by atoms with Crippen LogP contribution in [-0.2, 0) is 0 Å². The van der Waals surface area contributed by atoms with Gasteiger partial charge in [0.25, 0.3) is 0 Å². The lowest BCUT2D eigenvalue weighted by atomic mass is 10.0. The number of amidine groups is 1. The molecule has 2 heteroatoms. The Bertz CT molecular complexity index is 271. The van der Waals surface area contributed by atoms with E-state index in [-0.39, 0.29) is 0 Å². The molecule has 0 aliphatic heterocycles. The third-order valence-corrected chi connectivity index (χ3v) is 4.80. The van der Waals surface area contributed by atoms with E-state index in [1.165, 1.54) is 102 Å². The molecule has 0 spiro atoms. The highest BCUT2D eigenvalue weighted by molar-refractivity contribution is 5.81. The van der Waals surface area contributed by atoms with Gasteiger partial charge in [-0.2, -0.15) is 0 Å². The van der Waals surface area contributed by atoms with Gasteiger partial charge < -0.3 is 4.90 Å². The first-order chi connectivity index (χ1) is 11.7. The minimum Gasteiger partial charge on any atom is -0.366 e. The van der Waals surface area contributed by atoms with Crippen LogP contribution in [0.1, 0.15) is 117 Å². The molecule has 0 radical (unpaired) electrons. The second-order valence-corrected chi connectivity index (χ2v) is 7.54. The zero-order valence-corrected chi connectivity index (χ0v) is 17.4. The van der Waals surface area contributed by atoms with E-state index < -0.39 is 0 Å². The maximum Gasteiger partial charge on any atom is 0.0983 e. The second kappa shape index (κ2) is 18.8. The van der Waals surface area contributed by atoms with Gasteiger partial charge in [-0.1, -0.05) is 97.3 Å². The molecule has 0 rings (SSSR count). The Morgan fingerprint density at radius 3 is 1.38 bits per heavy atom. The first-order valence-corrected chi connectivity index (χ1v) is 10.9. The predicted octanol–water partition coefficient (Wildman–Crippen LogP) is 7.23. The van der Waals surface area contributed by atoms with Crippen LogP contribution in [0.15, 0.2) is 4.99 Å². The molecule has 0 saturated carbocycles. The summed E-state index contributed by atoms with van der Waals surface area (Å²) in [7, 11) is 4.22. The summed E-state index contributed by atoms with van der Waals surface area (Å²) in [5.41, 5.74) is 0. The lowest BCUT2D eigenvalue weighted by Gasteiger charge is -2.15. The molecular formula is C22H46N2. The van der Waals surface area contributed by atoms with Crippen molar-refractivity contribution in [2.24, 2.45) is 4.99 Å². The van der Waals surface area contributed by atoms with Crippen LogP contribution in [0.2, 0.25) is 0 Å². The van der Waals surface area contributed by atoms with Crippen LogP contribution in [0.5, 0.6) is 0 Å². The molecule has 0 heterocycles. The third kappa shape index (κ3) is 16.3. The van der Waals surface area contributed by atoms with Crippen LogP contribution < -0.4 is 0 Å². The molecule has 0 N–H and O–H groups in total. The average Bonchev–Trinajstić information content (AvgIpc) is 2.57. The van der Waals surface area contributed by atoms with Crippen LogP contribution in [0.4, 0.5) is 0 Å². The number of nitrogens with zero attached hydrogens (tertiary/aromatic N) is 2. The Hall–Kier alpha value is -0.530. The molecule has 0 aromatic rings. The van der Waals surface area contributed by atoms with E-state index in [1.807, 2.05) is 0 Å². The van der Waals surface area contributed by atoms with Gasteiger partial charge in [0.15, 0.2) is 0 Å². The summed E-state index contributed by atoms with van der Waals surface area (Å²) in [5.74, 6) is 1.27. The average molecular weight is 339 g/mol. The molecule has 0 aromatic carbocycles. The van der Waals surface area contributed by atoms with Crippen molar-refractivity contribution in [3.05, 3.63) is 0 Å². The van der Waals surface area contributed by atoms with E-state index in [9.17, 15) is 0 Å². The van der Waals surface area contributed by atoms with Crippen LogP contribution in [0.3, 0.4) is 0 Å². The summed E-state index contributed by atoms with van der Waals surface area (Å²) in [6, 6.07) is 0. The number of aliphatic imine (C=N–C) groups is 1. The zero-order valence-electron chi connectivity index (χ0n) is 17.4. The van der Waals surface area contributed by atoms with Crippen LogP contribution in [0, 0.1) is 0 Å². The summed E-state index contributed by atoms with van der Waals surface area (Å²) in [6.07, 6.45) is 22.2. The summed E-state index contributed by atoms with van der Waals surface area (Å²) < 4.78 is 0. The fraction of sp³-hybridized carbons (Fsp3) is 0.955. The molecule has 0 aliphatic rings. The summed E-state index contributed by atoms with van der Waals surface area (Å²) in [4.78, 5) is 6.92.